The van der Waals surface area contributed by atoms with Gasteiger partial charge in [-0.05, 0) is 59.0 Å². The Kier molecular flexibility index (Phi) is 3.33. The molecule has 0 radical (unpaired) electrons. The lowest BCUT2D eigenvalue weighted by Gasteiger charge is -2.56. The Balaban J connectivity index is 1.80. The molecule has 0 heterocycles. The van der Waals surface area contributed by atoms with Gasteiger partial charge >= 0.3 is 0 Å². The molecule has 0 aromatic carbocycles. The molecule has 5 atom stereocenters. The van der Waals surface area contributed by atoms with Crippen LogP contribution in [0.1, 0.15) is 58.8 Å². The first kappa shape index (κ1) is 15.7. The van der Waals surface area contributed by atoms with Crippen molar-refractivity contribution in [2.75, 3.05) is 0 Å². The molecule has 0 aliphatic heterocycles. The molecule has 124 valence electrons. The van der Waals surface area contributed by atoms with Gasteiger partial charge in [0.15, 0.2) is 5.78 Å². The second-order valence-corrected chi connectivity index (χ2v) is 9.24. The molecule has 3 saturated carbocycles. The molecule has 4 aliphatic rings. The Bertz CT molecular complexity index is 664. The average molecular weight is 379 g/mol. The Labute approximate surface area is 145 Å². The van der Waals surface area contributed by atoms with Gasteiger partial charge in [0.25, 0.3) is 0 Å². The Hall–Kier alpha value is -0.770. The average Bonchev–Trinajstić information content (AvgIpc) is 2.78. The molecule has 0 saturated heterocycles. The lowest BCUT2D eigenvalue weighted by atomic mass is 9.47. The van der Waals surface area contributed by atoms with E-state index in [1.165, 1.54) is 0 Å². The highest BCUT2D eigenvalue weighted by Gasteiger charge is 2.62. The van der Waals surface area contributed by atoms with Crippen molar-refractivity contribution in [1.82, 2.24) is 0 Å². The number of carbonyl (C=O) groups excluding carboxylic acids is 3. The van der Waals surface area contributed by atoms with Gasteiger partial charge in [-0.2, -0.15) is 0 Å². The maximum atomic E-state index is 13.1. The summed E-state index contributed by atoms with van der Waals surface area (Å²) in [6.45, 7) is 4.21. The van der Waals surface area contributed by atoms with Gasteiger partial charge in [-0.15, -0.1) is 0 Å². The van der Waals surface area contributed by atoms with E-state index in [0.717, 1.165) is 35.7 Å². The van der Waals surface area contributed by atoms with Crippen LogP contribution in [0.25, 0.3) is 0 Å². The summed E-state index contributed by atoms with van der Waals surface area (Å²) in [7, 11) is 0. The van der Waals surface area contributed by atoms with E-state index in [1.54, 1.807) is 0 Å². The highest BCUT2D eigenvalue weighted by atomic mass is 79.9. The molecule has 23 heavy (non-hydrogen) atoms. The molecule has 4 heteroatoms. The molecule has 0 spiro atoms. The molecule has 3 fully saturated rings. The molecule has 0 N–H and O–H groups in total. The van der Waals surface area contributed by atoms with Crippen molar-refractivity contribution in [3.05, 3.63) is 10.1 Å². The van der Waals surface area contributed by atoms with Crippen molar-refractivity contribution in [3.8, 4) is 0 Å². The number of rotatable bonds is 0. The maximum Gasteiger partial charge on any atom is 0.169 e. The zero-order valence-electron chi connectivity index (χ0n) is 13.8. The van der Waals surface area contributed by atoms with Crippen molar-refractivity contribution >= 4 is 33.3 Å². The highest BCUT2D eigenvalue weighted by molar-refractivity contribution is 9.12. The number of fused-ring (bicyclic) bond motifs is 5. The minimum atomic E-state index is -0.419. The minimum Gasteiger partial charge on any atom is -0.299 e. The monoisotopic (exact) mass is 378 g/mol. The van der Waals surface area contributed by atoms with Gasteiger partial charge in [-0.1, -0.05) is 13.8 Å². The van der Waals surface area contributed by atoms with Crippen molar-refractivity contribution in [2.24, 2.45) is 28.6 Å². The van der Waals surface area contributed by atoms with Gasteiger partial charge in [0.05, 0.1) is 4.48 Å². The molecule has 0 aromatic heterocycles. The molecular weight excluding hydrogens is 356 g/mol. The van der Waals surface area contributed by atoms with E-state index >= 15 is 0 Å². The SMILES string of the molecule is C[C@]12CCC(=O)C(Br)=C1CC[C@@H]1[C@@H]2C(=O)C[C@]2(C)C(=O)CC[C@@H]12. The van der Waals surface area contributed by atoms with Gasteiger partial charge in [0.2, 0.25) is 0 Å². The van der Waals surface area contributed by atoms with Crippen molar-refractivity contribution in [2.45, 2.75) is 58.8 Å². The van der Waals surface area contributed by atoms with Crippen LogP contribution in [0.15, 0.2) is 10.1 Å². The van der Waals surface area contributed by atoms with E-state index in [0.29, 0.717) is 36.9 Å². The molecule has 3 nitrogen and oxygen atoms in total. The summed E-state index contributed by atoms with van der Waals surface area (Å²) in [6, 6.07) is 0. The zero-order chi connectivity index (χ0) is 16.6. The van der Waals surface area contributed by atoms with Gasteiger partial charge in [-0.3, -0.25) is 14.4 Å². The van der Waals surface area contributed by atoms with Crippen LogP contribution in [-0.4, -0.2) is 17.3 Å². The van der Waals surface area contributed by atoms with E-state index in [4.69, 9.17) is 0 Å². The van der Waals surface area contributed by atoms with Gasteiger partial charge in [-0.25, -0.2) is 0 Å². The Morgan fingerprint density at radius 1 is 1.00 bits per heavy atom. The summed E-state index contributed by atoms with van der Waals surface area (Å²) < 4.78 is 0.730. The first-order valence-corrected chi connectivity index (χ1v) is 9.56. The molecule has 0 aromatic rings. The smallest absolute Gasteiger partial charge is 0.169 e. The molecule has 0 amide bonds. The molecule has 4 rings (SSSR count). The van der Waals surface area contributed by atoms with E-state index in [9.17, 15) is 14.4 Å². The van der Waals surface area contributed by atoms with Crippen LogP contribution in [0.2, 0.25) is 0 Å². The van der Waals surface area contributed by atoms with Crippen molar-refractivity contribution in [1.29, 1.82) is 0 Å². The topological polar surface area (TPSA) is 51.2 Å². The fraction of sp³-hybridized carbons (Fsp3) is 0.737. The first-order chi connectivity index (χ1) is 10.8. The fourth-order valence-electron chi connectivity index (χ4n) is 6.25. The summed E-state index contributed by atoms with van der Waals surface area (Å²) in [5.74, 6) is 1.40. The van der Waals surface area contributed by atoms with Crippen LogP contribution in [-0.2, 0) is 14.4 Å². The lowest BCUT2D eigenvalue weighted by Crippen LogP contribution is -2.55. The lowest BCUT2D eigenvalue weighted by molar-refractivity contribution is -0.150. The van der Waals surface area contributed by atoms with Crippen LogP contribution >= 0.6 is 15.9 Å². The van der Waals surface area contributed by atoms with Gasteiger partial charge in [0, 0.05) is 36.0 Å². The third-order valence-corrected chi connectivity index (χ3v) is 8.38. The number of allylic oxidation sites excluding steroid dienone is 1. The largest absolute Gasteiger partial charge is 0.299 e. The first-order valence-electron chi connectivity index (χ1n) is 8.77. The summed E-state index contributed by atoms with van der Waals surface area (Å²) in [6.07, 6.45) is 5.12. The Morgan fingerprint density at radius 3 is 2.48 bits per heavy atom. The second-order valence-electron chi connectivity index (χ2n) is 8.44. The minimum absolute atomic E-state index is 0.00382. The summed E-state index contributed by atoms with van der Waals surface area (Å²) in [5, 5.41) is 0. The number of ketones is 3. The van der Waals surface area contributed by atoms with Crippen LogP contribution in [0, 0.1) is 28.6 Å². The van der Waals surface area contributed by atoms with E-state index in [1.807, 2.05) is 6.92 Å². The van der Waals surface area contributed by atoms with Gasteiger partial charge < -0.3 is 0 Å². The summed E-state index contributed by atoms with van der Waals surface area (Å²) >= 11 is 3.51. The van der Waals surface area contributed by atoms with Crippen LogP contribution in [0.3, 0.4) is 0 Å². The fourth-order valence-corrected chi connectivity index (χ4v) is 7.10. The number of Topliss-reactive ketones (excluding diaryl/α,β-unsaturated/α-hetero) is 3. The van der Waals surface area contributed by atoms with Crippen molar-refractivity contribution < 1.29 is 14.4 Å². The highest BCUT2D eigenvalue weighted by Crippen LogP contribution is 2.64. The number of hydrogen-bond acceptors (Lipinski definition) is 3. The quantitative estimate of drug-likeness (QED) is 0.640. The van der Waals surface area contributed by atoms with Gasteiger partial charge in [0.1, 0.15) is 11.6 Å². The van der Waals surface area contributed by atoms with E-state index < -0.39 is 5.41 Å². The number of hydrogen-bond donors (Lipinski definition) is 0. The number of halogens is 1. The third kappa shape index (κ3) is 1.90. The standard InChI is InChI=1S/C19H23BrO3/c1-18-8-7-13(21)17(20)12(18)4-3-10-11-5-6-15(23)19(11,2)9-14(22)16(10)18/h10-11,16H,3-9H2,1-2H3/t10-,11-,16+,18-,19-/m0/s1. The third-order valence-electron chi connectivity index (χ3n) is 7.46. The molecule has 0 bridgehead atoms. The zero-order valence-corrected chi connectivity index (χ0v) is 15.4. The number of carbonyl (C=O) groups is 3. The normalized spacial score (nSPS) is 46.6. The summed E-state index contributed by atoms with van der Waals surface area (Å²) in [5.41, 5.74) is 0.549. The Morgan fingerprint density at radius 2 is 1.74 bits per heavy atom. The van der Waals surface area contributed by atoms with E-state index in [2.05, 4.69) is 22.9 Å². The van der Waals surface area contributed by atoms with Crippen LogP contribution in [0.4, 0.5) is 0 Å². The second kappa shape index (κ2) is 4.87. The van der Waals surface area contributed by atoms with E-state index in [-0.39, 0.29) is 22.9 Å². The molecule has 0 unspecified atom stereocenters. The van der Waals surface area contributed by atoms with Crippen LogP contribution < -0.4 is 0 Å². The molecule has 4 aliphatic carbocycles. The molecular formula is C19H23BrO3. The van der Waals surface area contributed by atoms with Crippen molar-refractivity contribution in [3.63, 3.8) is 0 Å². The predicted octanol–water partition coefficient (Wildman–Crippen LogP) is 3.99. The predicted molar refractivity (Wildman–Crippen MR) is 90.0 cm³/mol. The summed E-state index contributed by atoms with van der Waals surface area (Å²) in [4.78, 5) is 37.6. The van der Waals surface area contributed by atoms with Crippen LogP contribution in [0.5, 0.6) is 0 Å². The maximum absolute atomic E-state index is 13.1.